The molecule has 1 atom stereocenters. The number of rotatable bonds is 3. The summed E-state index contributed by atoms with van der Waals surface area (Å²) in [5, 5.41) is 9.05. The lowest BCUT2D eigenvalue weighted by Gasteiger charge is -2.23. The molecule has 1 fully saturated rings. The molecule has 120 valence electrons. The molecule has 1 unspecified atom stereocenters. The number of carboxylic acids is 1. The Morgan fingerprint density at radius 2 is 2.04 bits per heavy atom. The number of nitrogens with zero attached hydrogens (tertiary/aromatic N) is 2. The number of hydrogen-bond acceptors (Lipinski definition) is 4. The SMILES string of the molecule is Cc1ccc(C2CCCN2C(=O)c2ccc(C(=O)O)c(C)n2)o1. The number of carboxylic acid groups (broad SMARTS) is 1. The first-order valence-corrected chi connectivity index (χ1v) is 7.55. The monoisotopic (exact) mass is 314 g/mol. The van der Waals surface area contributed by atoms with Crippen molar-refractivity contribution in [2.75, 3.05) is 6.54 Å². The van der Waals surface area contributed by atoms with Gasteiger partial charge in [-0.15, -0.1) is 0 Å². The van der Waals surface area contributed by atoms with E-state index in [9.17, 15) is 9.59 Å². The summed E-state index contributed by atoms with van der Waals surface area (Å²) < 4.78 is 5.67. The molecule has 6 nitrogen and oxygen atoms in total. The van der Waals surface area contributed by atoms with Crippen LogP contribution >= 0.6 is 0 Å². The van der Waals surface area contributed by atoms with Crippen LogP contribution in [0.3, 0.4) is 0 Å². The van der Waals surface area contributed by atoms with E-state index < -0.39 is 5.97 Å². The number of furan rings is 1. The van der Waals surface area contributed by atoms with Crippen molar-refractivity contribution in [2.45, 2.75) is 32.7 Å². The summed E-state index contributed by atoms with van der Waals surface area (Å²) in [6, 6.07) is 6.61. The Bertz CT molecular complexity index is 766. The molecule has 6 heteroatoms. The van der Waals surface area contributed by atoms with Crippen LogP contribution in [-0.2, 0) is 0 Å². The molecule has 1 N–H and O–H groups in total. The summed E-state index contributed by atoms with van der Waals surface area (Å²) in [7, 11) is 0. The van der Waals surface area contributed by atoms with Crippen LogP contribution < -0.4 is 0 Å². The zero-order valence-electron chi connectivity index (χ0n) is 13.1. The number of aryl methyl sites for hydroxylation is 2. The summed E-state index contributed by atoms with van der Waals surface area (Å²) in [4.78, 5) is 29.7. The Balaban J connectivity index is 1.87. The summed E-state index contributed by atoms with van der Waals surface area (Å²) in [6.07, 6.45) is 1.76. The van der Waals surface area contributed by atoms with Crippen LogP contribution in [0.1, 0.15) is 56.9 Å². The fourth-order valence-electron chi connectivity index (χ4n) is 2.99. The number of likely N-dealkylation sites (tertiary alicyclic amines) is 1. The van der Waals surface area contributed by atoms with Crippen LogP contribution in [-0.4, -0.2) is 33.4 Å². The number of carbonyl (C=O) groups excluding carboxylic acids is 1. The molecule has 3 rings (SSSR count). The Labute approximate surface area is 133 Å². The molecule has 23 heavy (non-hydrogen) atoms. The minimum Gasteiger partial charge on any atom is -0.478 e. The number of carbonyl (C=O) groups is 2. The van der Waals surface area contributed by atoms with Crippen molar-refractivity contribution in [3.8, 4) is 0 Å². The highest BCUT2D eigenvalue weighted by molar-refractivity contribution is 5.94. The van der Waals surface area contributed by atoms with Gasteiger partial charge >= 0.3 is 5.97 Å². The molecular formula is C17H18N2O4. The van der Waals surface area contributed by atoms with Gasteiger partial charge in [-0.1, -0.05) is 0 Å². The van der Waals surface area contributed by atoms with Crippen molar-refractivity contribution in [1.29, 1.82) is 0 Å². The van der Waals surface area contributed by atoms with Crippen LogP contribution in [0.5, 0.6) is 0 Å². The minimum atomic E-state index is -1.04. The maximum absolute atomic E-state index is 12.7. The number of hydrogen-bond donors (Lipinski definition) is 1. The molecule has 2 aromatic heterocycles. The normalized spacial score (nSPS) is 17.5. The molecule has 0 aromatic carbocycles. The van der Waals surface area contributed by atoms with Gasteiger partial charge in [-0.3, -0.25) is 4.79 Å². The van der Waals surface area contributed by atoms with Crippen LogP contribution in [0.4, 0.5) is 0 Å². The van der Waals surface area contributed by atoms with E-state index in [0.29, 0.717) is 12.2 Å². The average molecular weight is 314 g/mol. The molecule has 2 aromatic rings. The molecule has 0 aliphatic carbocycles. The third-order valence-corrected chi connectivity index (χ3v) is 4.14. The van der Waals surface area contributed by atoms with E-state index in [-0.39, 0.29) is 23.2 Å². The van der Waals surface area contributed by atoms with Crippen molar-refractivity contribution in [3.63, 3.8) is 0 Å². The Hall–Kier alpha value is -2.63. The molecule has 0 saturated carbocycles. The fourth-order valence-corrected chi connectivity index (χ4v) is 2.99. The summed E-state index contributed by atoms with van der Waals surface area (Å²) >= 11 is 0. The quantitative estimate of drug-likeness (QED) is 0.941. The summed E-state index contributed by atoms with van der Waals surface area (Å²) in [6.45, 7) is 4.11. The van der Waals surface area contributed by atoms with Gasteiger partial charge in [0.15, 0.2) is 0 Å². The molecule has 1 saturated heterocycles. The predicted molar refractivity (Wildman–Crippen MR) is 82.4 cm³/mol. The van der Waals surface area contributed by atoms with Gasteiger partial charge in [0.25, 0.3) is 5.91 Å². The lowest BCUT2D eigenvalue weighted by molar-refractivity contribution is 0.0686. The van der Waals surface area contributed by atoms with E-state index in [1.165, 1.54) is 12.1 Å². The second-order valence-electron chi connectivity index (χ2n) is 5.74. The van der Waals surface area contributed by atoms with Gasteiger partial charge in [0, 0.05) is 6.54 Å². The van der Waals surface area contributed by atoms with Crippen molar-refractivity contribution in [3.05, 3.63) is 52.7 Å². The van der Waals surface area contributed by atoms with Gasteiger partial charge in [0.1, 0.15) is 17.2 Å². The van der Waals surface area contributed by atoms with Crippen LogP contribution in [0.15, 0.2) is 28.7 Å². The maximum Gasteiger partial charge on any atom is 0.337 e. The van der Waals surface area contributed by atoms with E-state index >= 15 is 0 Å². The van der Waals surface area contributed by atoms with Gasteiger partial charge in [-0.05, 0) is 51.0 Å². The molecule has 0 spiro atoms. The highest BCUT2D eigenvalue weighted by Crippen LogP contribution is 2.33. The molecule has 0 radical (unpaired) electrons. The summed E-state index contributed by atoms with van der Waals surface area (Å²) in [5.41, 5.74) is 0.719. The largest absolute Gasteiger partial charge is 0.478 e. The van der Waals surface area contributed by atoms with E-state index in [0.717, 1.165) is 24.4 Å². The molecular weight excluding hydrogens is 296 g/mol. The number of aromatic carboxylic acids is 1. The molecule has 1 aliphatic rings. The molecule has 0 bridgehead atoms. The highest BCUT2D eigenvalue weighted by atomic mass is 16.4. The van der Waals surface area contributed by atoms with Gasteiger partial charge in [-0.25, -0.2) is 9.78 Å². The van der Waals surface area contributed by atoms with Crippen molar-refractivity contribution in [1.82, 2.24) is 9.88 Å². The first-order valence-electron chi connectivity index (χ1n) is 7.55. The smallest absolute Gasteiger partial charge is 0.337 e. The van der Waals surface area contributed by atoms with Crippen molar-refractivity contribution in [2.24, 2.45) is 0 Å². The second kappa shape index (κ2) is 5.87. The van der Waals surface area contributed by atoms with Crippen molar-refractivity contribution >= 4 is 11.9 Å². The van der Waals surface area contributed by atoms with Gasteiger partial charge in [0.05, 0.1) is 17.3 Å². The average Bonchev–Trinajstić information content (AvgIpc) is 3.14. The highest BCUT2D eigenvalue weighted by Gasteiger charge is 2.33. The third kappa shape index (κ3) is 2.84. The minimum absolute atomic E-state index is 0.0857. The Morgan fingerprint density at radius 1 is 1.26 bits per heavy atom. The van der Waals surface area contributed by atoms with Crippen LogP contribution in [0.2, 0.25) is 0 Å². The maximum atomic E-state index is 12.7. The van der Waals surface area contributed by atoms with Gasteiger partial charge < -0.3 is 14.4 Å². The Kier molecular flexibility index (Phi) is 3.90. The van der Waals surface area contributed by atoms with Gasteiger partial charge in [0.2, 0.25) is 0 Å². The number of pyridine rings is 1. The van der Waals surface area contributed by atoms with E-state index in [1.54, 1.807) is 11.8 Å². The van der Waals surface area contributed by atoms with E-state index in [2.05, 4.69) is 4.98 Å². The number of amides is 1. The predicted octanol–water partition coefficient (Wildman–Crippen LogP) is 2.97. The number of aromatic nitrogens is 1. The van der Waals surface area contributed by atoms with Gasteiger partial charge in [-0.2, -0.15) is 0 Å². The van der Waals surface area contributed by atoms with Crippen LogP contribution in [0.25, 0.3) is 0 Å². The zero-order chi connectivity index (χ0) is 16.6. The molecule has 3 heterocycles. The van der Waals surface area contributed by atoms with Crippen molar-refractivity contribution < 1.29 is 19.1 Å². The Morgan fingerprint density at radius 3 is 2.65 bits per heavy atom. The fraction of sp³-hybridized carbons (Fsp3) is 0.353. The summed E-state index contributed by atoms with van der Waals surface area (Å²) in [5.74, 6) is 0.368. The zero-order valence-corrected chi connectivity index (χ0v) is 13.1. The lowest BCUT2D eigenvalue weighted by Crippen LogP contribution is -2.31. The molecule has 1 aliphatic heterocycles. The van der Waals surface area contributed by atoms with E-state index in [4.69, 9.17) is 9.52 Å². The first kappa shape index (κ1) is 15.3. The first-order chi connectivity index (χ1) is 11.0. The van der Waals surface area contributed by atoms with Crippen LogP contribution in [0, 0.1) is 13.8 Å². The lowest BCUT2D eigenvalue weighted by atomic mass is 10.1. The molecule has 1 amide bonds. The topological polar surface area (TPSA) is 83.6 Å². The third-order valence-electron chi connectivity index (χ3n) is 4.14. The standard InChI is InChI=1S/C17H18N2O4/c1-10-5-8-15(23-10)14-4-3-9-19(14)16(20)13-7-6-12(17(21)22)11(2)18-13/h5-8,14H,3-4,9H2,1-2H3,(H,21,22). The van der Waals surface area contributed by atoms with E-state index in [1.807, 2.05) is 19.1 Å². The second-order valence-corrected chi connectivity index (χ2v) is 5.74.